The van der Waals surface area contributed by atoms with E-state index >= 15 is 0 Å². The third-order valence-corrected chi connectivity index (χ3v) is 8.37. The molecule has 0 heterocycles. The Morgan fingerprint density at radius 1 is 0.216 bits per heavy atom. The molecule has 0 fully saturated rings. The van der Waals surface area contributed by atoms with Crippen LogP contribution < -0.4 is 0 Å². The van der Waals surface area contributed by atoms with Crippen molar-refractivity contribution in [3.05, 3.63) is 12.2 Å². The topological polar surface area (TPSA) is 0 Å². The summed E-state index contributed by atoms with van der Waals surface area (Å²) >= 11 is 0. The molecule has 0 amide bonds. The minimum absolute atomic E-state index is 1.32. The van der Waals surface area contributed by atoms with Gasteiger partial charge < -0.3 is 0 Å². The molecular weight excluding hydrogens is 444 g/mol. The van der Waals surface area contributed by atoms with Crippen LogP contribution in [0.2, 0.25) is 0 Å². The van der Waals surface area contributed by atoms with Crippen molar-refractivity contribution in [2.24, 2.45) is 0 Å². The first kappa shape index (κ1) is 36.7. The van der Waals surface area contributed by atoms with E-state index < -0.39 is 0 Å². The second-order valence-electron chi connectivity index (χ2n) is 12.3. The van der Waals surface area contributed by atoms with Gasteiger partial charge in [0.1, 0.15) is 0 Å². The van der Waals surface area contributed by atoms with E-state index in [1.165, 1.54) is 212 Å². The summed E-state index contributed by atoms with van der Waals surface area (Å²) in [6, 6.07) is 0. The van der Waals surface area contributed by atoms with Crippen molar-refractivity contribution in [3.63, 3.8) is 0 Å². The van der Waals surface area contributed by atoms with Gasteiger partial charge in [-0.15, -0.1) is 0 Å². The number of hydrogen-bond acceptors (Lipinski definition) is 0. The van der Waals surface area contributed by atoms with Gasteiger partial charge in [-0.25, -0.2) is 0 Å². The lowest BCUT2D eigenvalue weighted by molar-refractivity contribution is 0.520. The van der Waals surface area contributed by atoms with Gasteiger partial charge in [-0.05, 0) is 25.7 Å². The van der Waals surface area contributed by atoms with E-state index in [1.54, 1.807) is 0 Å². The number of allylic oxidation sites excluding steroid dienone is 2. The summed E-state index contributed by atoms with van der Waals surface area (Å²) in [5.74, 6) is 0. The number of hydrogen-bond donors (Lipinski definition) is 0. The predicted octanol–water partition coefficient (Wildman–Crippen LogP) is 14.5. The molecule has 0 aromatic rings. The van der Waals surface area contributed by atoms with E-state index in [0.29, 0.717) is 0 Å². The molecule has 0 N–H and O–H groups in total. The van der Waals surface area contributed by atoms with Crippen molar-refractivity contribution < 1.29 is 0 Å². The van der Waals surface area contributed by atoms with Crippen LogP contribution in [0.5, 0.6) is 0 Å². The van der Waals surface area contributed by atoms with Gasteiger partial charge in [0.15, 0.2) is 0 Å². The molecule has 0 aliphatic rings. The Balaban J connectivity index is 3.06. The molecule has 0 atom stereocenters. The van der Waals surface area contributed by atoms with Crippen molar-refractivity contribution in [1.29, 1.82) is 0 Å². The summed E-state index contributed by atoms with van der Waals surface area (Å²) in [5.41, 5.74) is 0. The van der Waals surface area contributed by atoms with Gasteiger partial charge in [0, 0.05) is 0 Å². The van der Waals surface area contributed by atoms with Crippen LogP contribution in [0.3, 0.4) is 0 Å². The smallest absolute Gasteiger partial charge is 0.0351 e. The zero-order valence-corrected chi connectivity index (χ0v) is 26.5. The molecule has 0 saturated carbocycles. The molecule has 0 aliphatic heterocycles. The SMILES string of the molecule is CCCCCCCCCCCC/C=C/CCCCCCCCCCCCCCCCCCCCCCC. The maximum absolute atomic E-state index is 2.46. The highest BCUT2D eigenvalue weighted by molar-refractivity contribution is 4.81. The van der Waals surface area contributed by atoms with Crippen LogP contribution in [0, 0.1) is 0 Å². The first-order valence-corrected chi connectivity index (χ1v) is 18.1. The zero-order valence-electron chi connectivity index (χ0n) is 26.5. The molecule has 0 radical (unpaired) electrons. The van der Waals surface area contributed by atoms with E-state index in [2.05, 4.69) is 26.0 Å². The van der Waals surface area contributed by atoms with Gasteiger partial charge in [0.2, 0.25) is 0 Å². The Bertz CT molecular complexity index is 395. The maximum atomic E-state index is 2.46. The van der Waals surface area contributed by atoms with E-state index in [1.807, 2.05) is 0 Å². The Hall–Kier alpha value is -0.260. The van der Waals surface area contributed by atoms with Crippen LogP contribution >= 0.6 is 0 Å². The summed E-state index contributed by atoms with van der Waals surface area (Å²) in [5, 5.41) is 0. The summed E-state index contributed by atoms with van der Waals surface area (Å²) in [7, 11) is 0. The molecule has 0 rings (SSSR count). The van der Waals surface area contributed by atoms with Gasteiger partial charge >= 0.3 is 0 Å². The van der Waals surface area contributed by atoms with Crippen LogP contribution in [0.1, 0.15) is 226 Å². The minimum atomic E-state index is 1.32. The molecular formula is C37H74. The highest BCUT2D eigenvalue weighted by atomic mass is 14.0. The molecule has 0 heteroatoms. The fourth-order valence-electron chi connectivity index (χ4n) is 5.68. The second kappa shape index (κ2) is 35.7. The van der Waals surface area contributed by atoms with Gasteiger partial charge in [-0.3, -0.25) is 0 Å². The average Bonchev–Trinajstić information content (AvgIpc) is 2.91. The highest BCUT2D eigenvalue weighted by Crippen LogP contribution is 2.16. The monoisotopic (exact) mass is 519 g/mol. The lowest BCUT2D eigenvalue weighted by Crippen LogP contribution is -1.84. The number of unbranched alkanes of at least 4 members (excludes halogenated alkanes) is 31. The van der Waals surface area contributed by atoms with Gasteiger partial charge in [0.25, 0.3) is 0 Å². The predicted molar refractivity (Wildman–Crippen MR) is 173 cm³/mol. The molecule has 0 spiro atoms. The molecule has 0 nitrogen and oxygen atoms in total. The van der Waals surface area contributed by atoms with Gasteiger partial charge in [-0.2, -0.15) is 0 Å². The molecule has 0 aromatic carbocycles. The first-order valence-electron chi connectivity index (χ1n) is 18.1. The Morgan fingerprint density at radius 3 is 0.568 bits per heavy atom. The van der Waals surface area contributed by atoms with Gasteiger partial charge in [0.05, 0.1) is 0 Å². The van der Waals surface area contributed by atoms with Crippen LogP contribution in [-0.2, 0) is 0 Å². The van der Waals surface area contributed by atoms with Crippen LogP contribution in [0.25, 0.3) is 0 Å². The fourth-order valence-corrected chi connectivity index (χ4v) is 5.68. The van der Waals surface area contributed by atoms with Crippen molar-refractivity contribution in [2.75, 3.05) is 0 Å². The van der Waals surface area contributed by atoms with Crippen LogP contribution in [0.4, 0.5) is 0 Å². The van der Waals surface area contributed by atoms with E-state index in [-0.39, 0.29) is 0 Å². The molecule has 0 bridgehead atoms. The summed E-state index contributed by atoms with van der Waals surface area (Å²) < 4.78 is 0. The van der Waals surface area contributed by atoms with E-state index in [0.717, 1.165) is 0 Å². The summed E-state index contributed by atoms with van der Waals surface area (Å²) in [4.78, 5) is 0. The second-order valence-corrected chi connectivity index (χ2v) is 12.3. The minimum Gasteiger partial charge on any atom is -0.0885 e. The Morgan fingerprint density at radius 2 is 0.378 bits per heavy atom. The summed E-state index contributed by atoms with van der Waals surface area (Å²) in [6.45, 7) is 4.61. The largest absolute Gasteiger partial charge is 0.0885 e. The quantitative estimate of drug-likeness (QED) is 0.0598. The van der Waals surface area contributed by atoms with E-state index in [4.69, 9.17) is 0 Å². The van der Waals surface area contributed by atoms with E-state index in [9.17, 15) is 0 Å². The van der Waals surface area contributed by atoms with Crippen molar-refractivity contribution in [1.82, 2.24) is 0 Å². The lowest BCUT2D eigenvalue weighted by Gasteiger charge is -2.04. The molecule has 222 valence electrons. The maximum Gasteiger partial charge on any atom is -0.0351 e. The molecule has 0 saturated heterocycles. The summed E-state index contributed by atoms with van der Waals surface area (Å²) in [6.07, 6.45) is 52.9. The highest BCUT2D eigenvalue weighted by Gasteiger charge is 1.96. The average molecular weight is 519 g/mol. The molecule has 37 heavy (non-hydrogen) atoms. The van der Waals surface area contributed by atoms with Crippen molar-refractivity contribution >= 4 is 0 Å². The van der Waals surface area contributed by atoms with Crippen LogP contribution in [-0.4, -0.2) is 0 Å². The van der Waals surface area contributed by atoms with Gasteiger partial charge in [-0.1, -0.05) is 212 Å². The standard InChI is InChI=1S/C37H74/c1-3-5-7-9-11-13-15-17-19-21-23-25-27-29-31-33-35-37-36-34-32-30-28-26-24-22-20-18-16-14-12-10-8-6-4-2/h25,27H,3-24,26,28-37H2,1-2H3/b27-25+. The molecule has 0 aromatic heterocycles. The normalized spacial score (nSPS) is 11.7. The van der Waals surface area contributed by atoms with Crippen molar-refractivity contribution in [3.8, 4) is 0 Å². The number of rotatable bonds is 33. The van der Waals surface area contributed by atoms with Crippen molar-refractivity contribution in [2.45, 2.75) is 226 Å². The zero-order chi connectivity index (χ0) is 26.7. The molecule has 0 unspecified atom stereocenters. The first-order chi connectivity index (χ1) is 18.4. The third-order valence-electron chi connectivity index (χ3n) is 8.37. The van der Waals surface area contributed by atoms with Crippen LogP contribution in [0.15, 0.2) is 12.2 Å². The third kappa shape index (κ3) is 35.7. The Kier molecular flexibility index (Phi) is 35.5. The Labute approximate surface area is 237 Å². The lowest BCUT2D eigenvalue weighted by atomic mass is 10.0. The fraction of sp³-hybridized carbons (Fsp3) is 0.946. The molecule has 0 aliphatic carbocycles.